The first-order chi connectivity index (χ1) is 10.9. The molecule has 1 heteroatoms. The van der Waals surface area contributed by atoms with E-state index in [1.54, 1.807) is 0 Å². The molecule has 0 radical (unpaired) electrons. The Morgan fingerprint density at radius 1 is 0.409 bits per heavy atom. The summed E-state index contributed by atoms with van der Waals surface area (Å²) in [6.45, 7) is 0. The van der Waals surface area contributed by atoms with E-state index in [0.717, 1.165) is 17.3 Å². The zero-order chi connectivity index (χ0) is 15.0. The summed E-state index contributed by atoms with van der Waals surface area (Å²) < 4.78 is 0. The lowest BCUT2D eigenvalue weighted by molar-refractivity contribution is 1.28. The van der Waals surface area contributed by atoms with Gasteiger partial charge in [-0.05, 0) is 0 Å². The molecule has 22 heavy (non-hydrogen) atoms. The first-order valence-corrected chi connectivity index (χ1v) is 9.39. The second kappa shape index (κ2) is 7.86. The van der Waals surface area contributed by atoms with E-state index in [9.17, 15) is 0 Å². The van der Waals surface area contributed by atoms with Gasteiger partial charge in [0.15, 0.2) is 0 Å². The van der Waals surface area contributed by atoms with Crippen molar-refractivity contribution in [1.82, 2.24) is 0 Å². The van der Waals surface area contributed by atoms with Crippen molar-refractivity contribution in [3.63, 3.8) is 0 Å². The molecule has 0 unspecified atom stereocenters. The average molecular weight is 305 g/mol. The van der Waals surface area contributed by atoms with E-state index >= 15 is 0 Å². The van der Waals surface area contributed by atoms with Gasteiger partial charge in [-0.25, -0.2) is 0 Å². The van der Waals surface area contributed by atoms with Gasteiger partial charge in [0, 0.05) is 27.6 Å². The lowest BCUT2D eigenvalue weighted by Crippen LogP contribution is -2.12. The highest BCUT2D eigenvalue weighted by atomic mass is 32.2. The van der Waals surface area contributed by atoms with Crippen molar-refractivity contribution >= 4 is 10.9 Å². The molecule has 0 N–H and O–H groups in total. The number of hydrogen-bond acceptors (Lipinski definition) is 0. The van der Waals surface area contributed by atoms with E-state index < -0.39 is 0 Å². The lowest BCUT2D eigenvalue weighted by Gasteiger charge is -2.10. The summed E-state index contributed by atoms with van der Waals surface area (Å²) in [5, 5.41) is 0. The molecule has 0 heterocycles. The van der Waals surface area contributed by atoms with Gasteiger partial charge in [-0.2, -0.15) is 0 Å². The molecule has 0 aliphatic carbocycles. The first kappa shape index (κ1) is 14.9. The van der Waals surface area contributed by atoms with E-state index in [1.165, 1.54) is 16.7 Å². The van der Waals surface area contributed by atoms with Gasteiger partial charge in [0.1, 0.15) is 17.3 Å². The van der Waals surface area contributed by atoms with Crippen LogP contribution in [0.5, 0.6) is 0 Å². The Kier molecular flexibility index (Phi) is 5.33. The molecular formula is C21H21S+. The highest BCUT2D eigenvalue weighted by molar-refractivity contribution is 7.94. The van der Waals surface area contributed by atoms with E-state index in [4.69, 9.17) is 0 Å². The number of hydrogen-bond donors (Lipinski definition) is 0. The molecule has 0 aliphatic rings. The van der Waals surface area contributed by atoms with Crippen LogP contribution in [-0.2, 0) is 28.2 Å². The molecule has 0 aromatic heterocycles. The van der Waals surface area contributed by atoms with Crippen molar-refractivity contribution in [2.45, 2.75) is 17.3 Å². The Morgan fingerprint density at radius 3 is 0.955 bits per heavy atom. The van der Waals surface area contributed by atoms with Crippen molar-refractivity contribution in [1.29, 1.82) is 0 Å². The van der Waals surface area contributed by atoms with Gasteiger partial charge in [0.25, 0.3) is 0 Å². The van der Waals surface area contributed by atoms with E-state index in [1.807, 2.05) is 0 Å². The van der Waals surface area contributed by atoms with Crippen LogP contribution < -0.4 is 0 Å². The van der Waals surface area contributed by atoms with E-state index in [-0.39, 0.29) is 0 Å². The summed E-state index contributed by atoms with van der Waals surface area (Å²) in [7, 11) is 0.323. The van der Waals surface area contributed by atoms with Crippen molar-refractivity contribution in [3.8, 4) is 0 Å². The predicted octanol–water partition coefficient (Wildman–Crippen LogP) is 5.21. The molecular weight excluding hydrogens is 284 g/mol. The highest BCUT2D eigenvalue weighted by Gasteiger charge is 2.20. The van der Waals surface area contributed by atoms with Gasteiger partial charge < -0.3 is 0 Å². The van der Waals surface area contributed by atoms with Gasteiger partial charge in [0.05, 0.1) is 0 Å². The van der Waals surface area contributed by atoms with Crippen LogP contribution in [0.25, 0.3) is 0 Å². The monoisotopic (exact) mass is 305 g/mol. The smallest absolute Gasteiger partial charge is 0.0622 e. The fourth-order valence-electron chi connectivity index (χ4n) is 2.58. The fraction of sp³-hybridized carbons (Fsp3) is 0.143. The van der Waals surface area contributed by atoms with Crippen molar-refractivity contribution < 1.29 is 0 Å². The van der Waals surface area contributed by atoms with Gasteiger partial charge in [-0.15, -0.1) is 0 Å². The van der Waals surface area contributed by atoms with Gasteiger partial charge in [0.2, 0.25) is 0 Å². The topological polar surface area (TPSA) is 0 Å². The van der Waals surface area contributed by atoms with Crippen LogP contribution in [0.15, 0.2) is 91.0 Å². The maximum atomic E-state index is 2.25. The minimum Gasteiger partial charge on any atom is -0.0622 e. The molecule has 0 atom stereocenters. The Labute approximate surface area is 136 Å². The van der Waals surface area contributed by atoms with Crippen LogP contribution in [0.4, 0.5) is 0 Å². The van der Waals surface area contributed by atoms with Crippen LogP contribution in [-0.4, -0.2) is 0 Å². The molecule has 0 bridgehead atoms. The molecule has 3 rings (SSSR count). The fourth-order valence-corrected chi connectivity index (χ4v) is 4.88. The van der Waals surface area contributed by atoms with Crippen LogP contribution in [0.3, 0.4) is 0 Å². The minimum atomic E-state index is 0.323. The van der Waals surface area contributed by atoms with Crippen LogP contribution in [0.2, 0.25) is 0 Å². The Hall–Kier alpha value is -1.99. The zero-order valence-electron chi connectivity index (χ0n) is 12.7. The molecule has 110 valence electrons. The third kappa shape index (κ3) is 4.51. The van der Waals surface area contributed by atoms with Crippen LogP contribution in [0.1, 0.15) is 16.7 Å². The molecule has 0 spiro atoms. The first-order valence-electron chi connectivity index (χ1n) is 7.66. The third-order valence-electron chi connectivity index (χ3n) is 3.64. The Balaban J connectivity index is 1.75. The number of benzene rings is 3. The summed E-state index contributed by atoms with van der Waals surface area (Å²) >= 11 is 0. The zero-order valence-corrected chi connectivity index (χ0v) is 13.5. The summed E-state index contributed by atoms with van der Waals surface area (Å²) in [6.07, 6.45) is 0. The second-order valence-corrected chi connectivity index (χ2v) is 7.59. The average Bonchev–Trinajstić information content (AvgIpc) is 2.57. The maximum Gasteiger partial charge on any atom is 0.133 e. The number of rotatable bonds is 6. The standard InChI is InChI=1S/C21H21S/c1-4-10-19(11-5-1)16-22(17-20-12-6-2-7-13-20)18-21-14-8-3-9-15-21/h1-15H,16-18H2/q+1. The molecule has 0 fully saturated rings. The van der Waals surface area contributed by atoms with Crippen LogP contribution in [0, 0.1) is 0 Å². The van der Waals surface area contributed by atoms with Gasteiger partial charge >= 0.3 is 0 Å². The van der Waals surface area contributed by atoms with E-state index in [2.05, 4.69) is 91.0 Å². The predicted molar refractivity (Wildman–Crippen MR) is 97.8 cm³/mol. The molecule has 0 saturated carbocycles. The molecule has 3 aromatic rings. The Morgan fingerprint density at radius 2 is 0.682 bits per heavy atom. The minimum absolute atomic E-state index is 0.323. The largest absolute Gasteiger partial charge is 0.133 e. The third-order valence-corrected chi connectivity index (χ3v) is 5.87. The summed E-state index contributed by atoms with van der Waals surface area (Å²) in [6, 6.07) is 32.6. The summed E-state index contributed by atoms with van der Waals surface area (Å²) in [5.41, 5.74) is 4.33. The van der Waals surface area contributed by atoms with Crippen LogP contribution >= 0.6 is 0 Å². The van der Waals surface area contributed by atoms with Crippen molar-refractivity contribution in [2.75, 3.05) is 0 Å². The molecule has 0 nitrogen and oxygen atoms in total. The quantitative estimate of drug-likeness (QED) is 0.549. The molecule has 0 saturated heterocycles. The van der Waals surface area contributed by atoms with Gasteiger partial charge in [-0.3, -0.25) is 0 Å². The maximum absolute atomic E-state index is 2.25. The molecule has 0 aliphatic heterocycles. The second-order valence-electron chi connectivity index (χ2n) is 5.50. The SMILES string of the molecule is c1ccc(C[S+](Cc2ccccc2)Cc2ccccc2)cc1. The molecule has 3 aromatic carbocycles. The van der Waals surface area contributed by atoms with Gasteiger partial charge in [-0.1, -0.05) is 91.0 Å². The summed E-state index contributed by atoms with van der Waals surface area (Å²) in [5.74, 6) is 3.47. The lowest BCUT2D eigenvalue weighted by atomic mass is 10.2. The van der Waals surface area contributed by atoms with Crippen molar-refractivity contribution in [3.05, 3.63) is 108 Å². The normalized spacial score (nSPS) is 10.8. The molecule has 0 amide bonds. The highest BCUT2D eigenvalue weighted by Crippen LogP contribution is 2.19. The van der Waals surface area contributed by atoms with E-state index in [0.29, 0.717) is 10.9 Å². The summed E-state index contributed by atoms with van der Waals surface area (Å²) in [4.78, 5) is 0. The Bertz CT molecular complexity index is 563. The van der Waals surface area contributed by atoms with Crippen molar-refractivity contribution in [2.24, 2.45) is 0 Å².